The summed E-state index contributed by atoms with van der Waals surface area (Å²) in [6.45, 7) is 26.8. The lowest BCUT2D eigenvalue weighted by atomic mass is 9.91. The number of aromatic amines is 5. The molecule has 0 spiro atoms. The molecule has 6 aromatic carbocycles. The molecule has 0 aliphatic carbocycles. The van der Waals surface area contributed by atoms with E-state index in [0.717, 1.165) is 96.9 Å². The highest BCUT2D eigenvalue weighted by Crippen LogP contribution is 2.33. The molecule has 1 aliphatic heterocycles. The summed E-state index contributed by atoms with van der Waals surface area (Å²) in [5.41, 5.74) is 26.7. The summed E-state index contributed by atoms with van der Waals surface area (Å²) in [5.74, 6) is 2.63. The zero-order valence-electron chi connectivity index (χ0n) is 56.7. The molecule has 95 heavy (non-hydrogen) atoms. The molecule has 5 atom stereocenters. The number of hydrogen-bond donors (Lipinski definition) is 9. The highest BCUT2D eigenvalue weighted by molar-refractivity contribution is 9.10. The minimum Gasteiger partial charge on any atom is -0.392 e. The Hall–Kier alpha value is -9.46. The van der Waals surface area contributed by atoms with E-state index in [0.29, 0.717) is 11.8 Å². The van der Waals surface area contributed by atoms with Gasteiger partial charge in [-0.2, -0.15) is 0 Å². The van der Waals surface area contributed by atoms with E-state index in [1.807, 2.05) is 100 Å². The summed E-state index contributed by atoms with van der Waals surface area (Å²) in [6.07, 6.45) is 23.4. The first-order chi connectivity index (χ1) is 45.9. The SMILES string of the molecule is Brc1c(NC2=NCCC2)ccc2nccnc12.Cc1c(CO)cccc1C(C)c1cnc[nH]1.Cc1c(CO)cccc1[C@@H](C)c1cnc[nH]1.Cc1c(CO)cccc1[C@H](C)c1cnc[nH]1.Cc1cccc(C(C)c2cnc[nH]2)c1C.Cc1cccc([C@H](C)c2cnc[nH]2)c1C. The molecule has 0 amide bonds. The Labute approximate surface area is 567 Å². The van der Waals surface area contributed by atoms with Crippen molar-refractivity contribution in [2.24, 2.45) is 4.99 Å². The number of hydrogen-bond acceptors (Lipinski definition) is 12. The molecule has 12 aromatic rings. The van der Waals surface area contributed by atoms with Crippen molar-refractivity contribution in [2.45, 2.75) is 145 Å². The number of aryl methyl sites for hydroxylation is 2. The Balaban J connectivity index is 0.000000146. The van der Waals surface area contributed by atoms with E-state index in [-0.39, 0.29) is 37.6 Å². The van der Waals surface area contributed by atoms with Crippen molar-refractivity contribution in [3.8, 4) is 0 Å². The van der Waals surface area contributed by atoms with Gasteiger partial charge in [-0.1, -0.05) is 126 Å². The zero-order valence-corrected chi connectivity index (χ0v) is 58.3. The van der Waals surface area contributed by atoms with Crippen molar-refractivity contribution in [1.29, 1.82) is 0 Å². The molecule has 0 fully saturated rings. The number of H-pyrrole nitrogens is 5. The van der Waals surface area contributed by atoms with Crippen LogP contribution in [0.25, 0.3) is 11.0 Å². The number of aliphatic imine (C=N–C) groups is 1. The first-order valence-corrected chi connectivity index (χ1v) is 33.1. The number of aliphatic hydroxyl groups is 3. The number of nitrogens with zero attached hydrogens (tertiary/aromatic N) is 8. The fourth-order valence-corrected chi connectivity index (χ4v) is 12.3. The summed E-state index contributed by atoms with van der Waals surface area (Å²) in [4.78, 5) is 49.0. The average molecular weight is 1340 g/mol. The van der Waals surface area contributed by atoms with Crippen LogP contribution >= 0.6 is 15.9 Å². The van der Waals surface area contributed by atoms with Crippen LogP contribution in [-0.2, 0) is 19.8 Å². The second-order valence-electron chi connectivity index (χ2n) is 24.0. The molecule has 7 heterocycles. The van der Waals surface area contributed by atoms with Gasteiger partial charge in [0.05, 0.1) is 67.1 Å². The minimum absolute atomic E-state index is 0.0926. The smallest absolute Gasteiger partial charge is 0.105 e. The monoisotopic (exact) mass is 1340 g/mol. The average Bonchev–Trinajstić information content (AvgIpc) is 1.74. The Morgan fingerprint density at radius 2 is 0.747 bits per heavy atom. The Morgan fingerprint density at radius 3 is 1.05 bits per heavy atom. The molecule has 6 aromatic heterocycles. The Morgan fingerprint density at radius 1 is 0.421 bits per heavy atom. The molecule has 2 unspecified atom stereocenters. The van der Waals surface area contributed by atoms with E-state index < -0.39 is 0 Å². The fourth-order valence-electron chi connectivity index (χ4n) is 11.8. The van der Waals surface area contributed by atoms with Crippen LogP contribution in [0.15, 0.2) is 188 Å². The quantitative estimate of drug-likeness (QED) is 0.0495. The summed E-state index contributed by atoms with van der Waals surface area (Å²) in [7, 11) is 0. The number of halogens is 1. The van der Waals surface area contributed by atoms with Crippen molar-refractivity contribution in [1.82, 2.24) is 59.8 Å². The number of benzene rings is 6. The first kappa shape index (κ1) is 71.4. The van der Waals surface area contributed by atoms with Gasteiger partial charge >= 0.3 is 0 Å². The van der Waals surface area contributed by atoms with Crippen LogP contribution in [0, 0.1) is 48.5 Å². The van der Waals surface area contributed by atoms with E-state index in [2.05, 4.69) is 203 Å². The number of imidazole rings is 5. The highest BCUT2D eigenvalue weighted by Gasteiger charge is 2.19. The number of fused-ring (bicyclic) bond motifs is 1. The van der Waals surface area contributed by atoms with Gasteiger partial charge in [-0.05, 0) is 166 Å². The lowest BCUT2D eigenvalue weighted by molar-refractivity contribution is 0.280. The standard InChI is InChI=1S/3C13H16N2O.2C13H16N2.C12H11BrN4/c3*1-9-11(7-16)4-3-5-12(9)10(2)13-6-14-8-15-13;2*1-9-5-4-6-12(10(9)2)11(3)13-7-14-8-15-13;13-11-8(17-10-2-1-5-15-10)3-4-9-12(11)16-7-6-14-9/h3*3-6,8,10,16H,7H2,1-2H3,(H,14,15);2*4-8,11H,1-3H3,(H,14,15);3-4,6-7H,1-2,5H2,(H,15,17)/t2*10-;;11-;;/m10.0../s1. The van der Waals surface area contributed by atoms with Gasteiger partial charge in [0.2, 0.25) is 0 Å². The molecule has 0 saturated heterocycles. The van der Waals surface area contributed by atoms with Crippen LogP contribution in [0.1, 0.15) is 189 Å². The van der Waals surface area contributed by atoms with E-state index >= 15 is 0 Å². The zero-order chi connectivity index (χ0) is 68.0. The predicted octanol–water partition coefficient (Wildman–Crippen LogP) is 16.4. The third kappa shape index (κ3) is 18.5. The van der Waals surface area contributed by atoms with Gasteiger partial charge in [0.15, 0.2) is 0 Å². The summed E-state index contributed by atoms with van der Waals surface area (Å²) < 4.78 is 0.942. The molecule has 17 nitrogen and oxygen atoms in total. The van der Waals surface area contributed by atoms with Crippen LogP contribution in [-0.4, -0.2) is 87.5 Å². The second kappa shape index (κ2) is 35.2. The van der Waals surface area contributed by atoms with Gasteiger partial charge in [-0.25, -0.2) is 24.9 Å². The van der Waals surface area contributed by atoms with Crippen LogP contribution < -0.4 is 5.32 Å². The number of nitrogens with one attached hydrogen (secondary N) is 6. The van der Waals surface area contributed by atoms with E-state index in [9.17, 15) is 15.3 Å². The number of rotatable bonds is 14. The summed E-state index contributed by atoms with van der Waals surface area (Å²) >= 11 is 3.57. The van der Waals surface area contributed by atoms with Crippen LogP contribution in [0.3, 0.4) is 0 Å². The van der Waals surface area contributed by atoms with Crippen molar-refractivity contribution < 1.29 is 15.3 Å². The number of aliphatic hydroxyl groups excluding tert-OH is 3. The fraction of sp³-hybridized carbons (Fsp3) is 0.299. The van der Waals surface area contributed by atoms with Crippen molar-refractivity contribution >= 4 is 38.5 Å². The van der Waals surface area contributed by atoms with Gasteiger partial charge < -0.3 is 45.6 Å². The molecule has 1 aliphatic rings. The molecule has 0 saturated carbocycles. The summed E-state index contributed by atoms with van der Waals surface area (Å²) in [6, 6.07) is 35.0. The second-order valence-corrected chi connectivity index (χ2v) is 24.8. The largest absolute Gasteiger partial charge is 0.392 e. The predicted molar refractivity (Wildman–Crippen MR) is 386 cm³/mol. The minimum atomic E-state index is 0.0926. The molecular weight excluding hydrogens is 1250 g/mol. The molecule has 18 heteroatoms. The lowest BCUT2D eigenvalue weighted by Gasteiger charge is -2.15. The molecule has 0 bridgehead atoms. The Kier molecular flexibility index (Phi) is 26.4. The van der Waals surface area contributed by atoms with Gasteiger partial charge in [-0.15, -0.1) is 0 Å². The molecule has 13 rings (SSSR count). The number of aromatic nitrogens is 12. The topological polar surface area (TPSA) is 254 Å². The third-order valence-corrected chi connectivity index (χ3v) is 19.1. The van der Waals surface area contributed by atoms with E-state index in [1.165, 1.54) is 61.5 Å². The van der Waals surface area contributed by atoms with Gasteiger partial charge in [0.1, 0.15) is 11.4 Å². The van der Waals surface area contributed by atoms with E-state index in [4.69, 9.17) is 0 Å². The number of amidine groups is 1. The highest BCUT2D eigenvalue weighted by atomic mass is 79.9. The van der Waals surface area contributed by atoms with Crippen molar-refractivity contribution in [3.05, 3.63) is 295 Å². The maximum absolute atomic E-state index is 9.24. The third-order valence-electron chi connectivity index (χ3n) is 18.3. The molecular formula is C77H91BrN14O3. The molecule has 9 N–H and O–H groups in total. The normalized spacial score (nSPS) is 13.1. The van der Waals surface area contributed by atoms with Crippen LogP contribution in [0.2, 0.25) is 0 Å². The lowest BCUT2D eigenvalue weighted by Crippen LogP contribution is -2.08. The first-order valence-electron chi connectivity index (χ1n) is 32.3. The Bertz CT molecular complexity index is 4000. The molecule has 0 radical (unpaired) electrons. The van der Waals surface area contributed by atoms with Gasteiger partial charge in [0, 0.05) is 114 Å². The summed E-state index contributed by atoms with van der Waals surface area (Å²) in [5, 5.41) is 31.0. The molecule has 494 valence electrons. The van der Waals surface area contributed by atoms with Crippen molar-refractivity contribution in [3.63, 3.8) is 0 Å². The maximum atomic E-state index is 9.24. The maximum Gasteiger partial charge on any atom is 0.105 e. The van der Waals surface area contributed by atoms with Crippen LogP contribution in [0.4, 0.5) is 5.69 Å². The van der Waals surface area contributed by atoms with Gasteiger partial charge in [0.25, 0.3) is 0 Å². The van der Waals surface area contributed by atoms with E-state index in [1.54, 1.807) is 44.0 Å². The van der Waals surface area contributed by atoms with Crippen molar-refractivity contribution in [2.75, 3.05) is 11.9 Å². The van der Waals surface area contributed by atoms with Crippen LogP contribution in [0.5, 0.6) is 0 Å². The number of anilines is 1. The van der Waals surface area contributed by atoms with Gasteiger partial charge in [-0.3, -0.25) is 15.0 Å².